The minimum atomic E-state index is -4.91. The van der Waals surface area contributed by atoms with Crippen molar-refractivity contribution in [1.29, 1.82) is 0 Å². The van der Waals surface area contributed by atoms with Crippen molar-refractivity contribution in [1.82, 2.24) is 9.97 Å². The van der Waals surface area contributed by atoms with Crippen LogP contribution in [-0.4, -0.2) is 21.7 Å². The number of rotatable bonds is 2. The number of alkyl halides is 3. The monoisotopic (exact) mass is 481 g/mol. The lowest BCUT2D eigenvalue weighted by Gasteiger charge is -2.19. The van der Waals surface area contributed by atoms with Gasteiger partial charge in [0.15, 0.2) is 5.82 Å². The number of amides is 1. The van der Waals surface area contributed by atoms with Crippen LogP contribution < -0.4 is 5.32 Å². The van der Waals surface area contributed by atoms with Crippen LogP contribution in [0.4, 0.5) is 31.7 Å². The van der Waals surface area contributed by atoms with E-state index in [4.69, 9.17) is 4.74 Å². The van der Waals surface area contributed by atoms with Crippen LogP contribution >= 0.6 is 11.3 Å². The minimum Gasteiger partial charge on any atom is -0.444 e. The normalized spacial score (nSPS) is 12.4. The van der Waals surface area contributed by atoms with Crippen molar-refractivity contribution < 1.29 is 31.5 Å². The van der Waals surface area contributed by atoms with E-state index in [0.29, 0.717) is 15.8 Å². The number of anilines is 1. The number of benzene rings is 2. The molecule has 0 fully saturated rings. The fraction of sp³-hybridized carbons (Fsp3) is 0.227. The molecule has 33 heavy (non-hydrogen) atoms. The van der Waals surface area contributed by atoms with Crippen LogP contribution in [0.15, 0.2) is 36.5 Å². The minimum absolute atomic E-state index is 0.0771. The van der Waals surface area contributed by atoms with Gasteiger partial charge in [-0.15, -0.1) is 11.3 Å². The second kappa shape index (κ2) is 7.91. The lowest BCUT2D eigenvalue weighted by atomic mass is 9.94. The van der Waals surface area contributed by atoms with Crippen LogP contribution in [0.25, 0.3) is 32.1 Å². The Morgan fingerprint density at radius 1 is 1.12 bits per heavy atom. The number of hydrogen-bond donors (Lipinski definition) is 1. The zero-order valence-corrected chi connectivity index (χ0v) is 18.3. The molecule has 2 aromatic carbocycles. The number of nitrogens with one attached hydrogen (secondary N) is 1. The molecule has 1 N–H and O–H groups in total. The van der Waals surface area contributed by atoms with Gasteiger partial charge in [0.2, 0.25) is 0 Å². The van der Waals surface area contributed by atoms with E-state index in [9.17, 15) is 22.4 Å². The van der Waals surface area contributed by atoms with Crippen LogP contribution in [0.3, 0.4) is 0 Å². The first-order valence-electron chi connectivity index (χ1n) is 9.58. The SMILES string of the molecule is CC(C)(C)OC(=O)Nc1cc2c(-c3c(C(F)(F)F)cc4cnc(F)nc4c3F)cccc2s1. The number of carbonyl (C=O) groups is 1. The molecule has 11 heteroatoms. The first-order chi connectivity index (χ1) is 15.3. The third-order valence-corrected chi connectivity index (χ3v) is 5.56. The van der Waals surface area contributed by atoms with E-state index < -0.39 is 46.4 Å². The number of thiophene rings is 1. The summed E-state index contributed by atoms with van der Waals surface area (Å²) in [7, 11) is 0. The van der Waals surface area contributed by atoms with Gasteiger partial charge >= 0.3 is 18.3 Å². The molecule has 0 radical (unpaired) electrons. The number of fused-ring (bicyclic) bond motifs is 2. The van der Waals surface area contributed by atoms with Gasteiger partial charge in [0, 0.05) is 27.2 Å². The fourth-order valence-corrected chi connectivity index (χ4v) is 4.32. The van der Waals surface area contributed by atoms with E-state index in [1.807, 2.05) is 0 Å². The van der Waals surface area contributed by atoms with Crippen molar-refractivity contribution in [3.05, 3.63) is 54.0 Å². The standard InChI is InChI=1S/C22H16F5N3O2S/c1-21(2,3)32-20(31)29-15-8-12-11(5-4-6-14(12)33-15)16-13(22(25,26)27)7-10-9-28-19(24)30-18(10)17(16)23/h4-9H,1-3H3,(H,29,31). The highest BCUT2D eigenvalue weighted by Crippen LogP contribution is 2.45. The van der Waals surface area contributed by atoms with Gasteiger partial charge in [-0.2, -0.15) is 22.5 Å². The fourth-order valence-electron chi connectivity index (χ4n) is 3.35. The van der Waals surface area contributed by atoms with Crippen molar-refractivity contribution >= 4 is 43.4 Å². The van der Waals surface area contributed by atoms with Crippen molar-refractivity contribution in [2.45, 2.75) is 32.5 Å². The Balaban J connectivity index is 1.91. The van der Waals surface area contributed by atoms with Gasteiger partial charge in [-0.25, -0.2) is 14.2 Å². The van der Waals surface area contributed by atoms with Crippen LogP contribution in [-0.2, 0) is 10.9 Å². The molecule has 0 aliphatic carbocycles. The molecule has 0 unspecified atom stereocenters. The van der Waals surface area contributed by atoms with Crippen LogP contribution in [0.1, 0.15) is 26.3 Å². The first-order valence-corrected chi connectivity index (χ1v) is 10.4. The smallest absolute Gasteiger partial charge is 0.417 e. The van der Waals surface area contributed by atoms with Crippen LogP contribution in [0.5, 0.6) is 0 Å². The van der Waals surface area contributed by atoms with Gasteiger partial charge in [-0.1, -0.05) is 12.1 Å². The van der Waals surface area contributed by atoms with E-state index in [0.717, 1.165) is 17.5 Å². The Kier molecular flexibility index (Phi) is 5.47. The zero-order valence-electron chi connectivity index (χ0n) is 17.5. The maximum absolute atomic E-state index is 15.4. The van der Waals surface area contributed by atoms with E-state index in [-0.39, 0.29) is 16.3 Å². The highest BCUT2D eigenvalue weighted by molar-refractivity contribution is 7.23. The predicted octanol–water partition coefficient (Wildman–Crippen LogP) is 7.16. The highest BCUT2D eigenvalue weighted by atomic mass is 32.1. The molecule has 4 aromatic rings. The number of aromatic nitrogens is 2. The van der Waals surface area contributed by atoms with Gasteiger partial charge < -0.3 is 4.74 Å². The number of hydrogen-bond acceptors (Lipinski definition) is 5. The zero-order chi connectivity index (χ0) is 24.1. The van der Waals surface area contributed by atoms with E-state index in [1.54, 1.807) is 26.8 Å². The topological polar surface area (TPSA) is 64.1 Å². The summed E-state index contributed by atoms with van der Waals surface area (Å²) in [6, 6.07) is 6.54. The van der Waals surface area contributed by atoms with Gasteiger partial charge in [-0.05, 0) is 44.5 Å². The molecule has 2 heterocycles. The number of carbonyl (C=O) groups excluding carboxylic acids is 1. The molecular formula is C22H16F5N3O2S. The van der Waals surface area contributed by atoms with E-state index in [2.05, 4.69) is 15.3 Å². The van der Waals surface area contributed by atoms with Gasteiger partial charge in [0.1, 0.15) is 11.1 Å². The molecule has 0 saturated carbocycles. The molecule has 0 bridgehead atoms. The molecular weight excluding hydrogens is 465 g/mol. The average Bonchev–Trinajstić information content (AvgIpc) is 3.08. The molecule has 1 amide bonds. The Morgan fingerprint density at radius 2 is 1.85 bits per heavy atom. The molecule has 172 valence electrons. The highest BCUT2D eigenvalue weighted by Gasteiger charge is 2.37. The largest absolute Gasteiger partial charge is 0.444 e. The predicted molar refractivity (Wildman–Crippen MR) is 115 cm³/mol. The molecule has 0 aliphatic rings. The summed E-state index contributed by atoms with van der Waals surface area (Å²) in [5, 5.41) is 2.82. The van der Waals surface area contributed by atoms with E-state index in [1.165, 1.54) is 18.2 Å². The van der Waals surface area contributed by atoms with Crippen molar-refractivity contribution in [2.75, 3.05) is 5.32 Å². The third kappa shape index (κ3) is 4.58. The van der Waals surface area contributed by atoms with Crippen LogP contribution in [0, 0.1) is 11.9 Å². The summed E-state index contributed by atoms with van der Waals surface area (Å²) in [5.41, 5.74) is -3.40. The third-order valence-electron chi connectivity index (χ3n) is 4.54. The summed E-state index contributed by atoms with van der Waals surface area (Å²) < 4.78 is 76.3. The van der Waals surface area contributed by atoms with Gasteiger partial charge in [-0.3, -0.25) is 5.32 Å². The van der Waals surface area contributed by atoms with Crippen molar-refractivity contribution in [3.63, 3.8) is 0 Å². The lowest BCUT2D eigenvalue weighted by molar-refractivity contribution is -0.137. The molecule has 0 saturated heterocycles. The second-order valence-corrected chi connectivity index (χ2v) is 9.23. The van der Waals surface area contributed by atoms with Crippen molar-refractivity contribution in [3.8, 4) is 11.1 Å². The quantitative estimate of drug-likeness (QED) is 0.244. The maximum atomic E-state index is 15.4. The molecule has 2 aromatic heterocycles. The summed E-state index contributed by atoms with van der Waals surface area (Å²) in [4.78, 5) is 18.7. The lowest BCUT2D eigenvalue weighted by Crippen LogP contribution is -2.26. The second-order valence-electron chi connectivity index (χ2n) is 8.14. The molecule has 0 atom stereocenters. The Bertz CT molecular complexity index is 1390. The molecule has 0 aliphatic heterocycles. The van der Waals surface area contributed by atoms with Crippen molar-refractivity contribution in [2.24, 2.45) is 0 Å². The number of ether oxygens (including phenoxy) is 1. The Labute approximate surface area is 188 Å². The van der Waals surface area contributed by atoms with Gasteiger partial charge in [0.25, 0.3) is 0 Å². The Morgan fingerprint density at radius 3 is 2.52 bits per heavy atom. The molecule has 4 rings (SSSR count). The number of halogens is 5. The summed E-state index contributed by atoms with van der Waals surface area (Å²) in [5.74, 6) is -1.32. The summed E-state index contributed by atoms with van der Waals surface area (Å²) in [6.07, 6.45) is -6.11. The summed E-state index contributed by atoms with van der Waals surface area (Å²) in [6.45, 7) is 5.05. The number of nitrogens with zero attached hydrogens (tertiary/aromatic N) is 2. The first kappa shape index (κ1) is 22.8. The Hall–Kier alpha value is -3.34. The van der Waals surface area contributed by atoms with Crippen LogP contribution in [0.2, 0.25) is 0 Å². The molecule has 0 spiro atoms. The average molecular weight is 481 g/mol. The molecule has 5 nitrogen and oxygen atoms in total. The summed E-state index contributed by atoms with van der Waals surface area (Å²) >= 11 is 1.08. The van der Waals surface area contributed by atoms with E-state index >= 15 is 4.39 Å². The van der Waals surface area contributed by atoms with Gasteiger partial charge in [0.05, 0.1) is 10.6 Å². The maximum Gasteiger partial charge on any atom is 0.417 e.